The van der Waals surface area contributed by atoms with Gasteiger partial charge in [-0.1, -0.05) is 59.6 Å². The predicted molar refractivity (Wildman–Crippen MR) is 78.5 cm³/mol. The molecule has 1 atom stereocenters. The maximum atomic E-state index is 12.1. The molecule has 0 aliphatic rings. The highest BCUT2D eigenvalue weighted by atomic mass is 35.5. The molecule has 1 unspecified atom stereocenters. The molecule has 0 bridgehead atoms. The summed E-state index contributed by atoms with van der Waals surface area (Å²) in [6.45, 7) is 0. The lowest BCUT2D eigenvalue weighted by molar-refractivity contribution is 0.682. The van der Waals surface area contributed by atoms with Crippen molar-refractivity contribution in [3.05, 3.63) is 69.7 Å². The first-order valence-electron chi connectivity index (χ1n) is 5.48. The van der Waals surface area contributed by atoms with E-state index in [0.717, 1.165) is 11.1 Å². The number of benzene rings is 2. The second-order valence-corrected chi connectivity index (χ2v) is 6.19. The van der Waals surface area contributed by atoms with Crippen LogP contribution in [0, 0.1) is 0 Å². The summed E-state index contributed by atoms with van der Waals surface area (Å²) < 4.78 is 12.1. The molecule has 94 valence electrons. The molecular weight excluding hydrogens is 287 g/mol. The monoisotopic (exact) mass is 298 g/mol. The van der Waals surface area contributed by atoms with Crippen molar-refractivity contribution in [3.63, 3.8) is 0 Å². The summed E-state index contributed by atoms with van der Waals surface area (Å²) in [5, 5.41) is 1.15. The molecule has 4 heteroatoms. The lowest BCUT2D eigenvalue weighted by Crippen LogP contribution is -2.00. The summed E-state index contributed by atoms with van der Waals surface area (Å²) in [7, 11) is -1.01. The van der Waals surface area contributed by atoms with Crippen molar-refractivity contribution < 1.29 is 4.21 Å². The molecule has 0 N–H and O–H groups in total. The van der Waals surface area contributed by atoms with Gasteiger partial charge in [-0.05, 0) is 17.7 Å². The largest absolute Gasteiger partial charge is 0.259 e. The Bertz CT molecular complexity index is 535. The van der Waals surface area contributed by atoms with Gasteiger partial charge in [-0.15, -0.1) is 0 Å². The quantitative estimate of drug-likeness (QED) is 0.815. The van der Waals surface area contributed by atoms with Crippen molar-refractivity contribution in [1.29, 1.82) is 0 Å². The van der Waals surface area contributed by atoms with E-state index in [1.54, 1.807) is 18.2 Å². The number of hydrogen-bond acceptors (Lipinski definition) is 1. The summed E-state index contributed by atoms with van der Waals surface area (Å²) in [4.78, 5) is 0. The van der Waals surface area contributed by atoms with E-state index in [0.29, 0.717) is 21.6 Å². The third-order valence-electron chi connectivity index (χ3n) is 2.54. The lowest BCUT2D eigenvalue weighted by atomic mass is 10.2. The SMILES string of the molecule is O=S(Cc1ccccc1)Cc1c(Cl)cccc1Cl. The fourth-order valence-electron chi connectivity index (χ4n) is 1.64. The molecule has 0 saturated carbocycles. The van der Waals surface area contributed by atoms with Crippen LogP contribution in [-0.2, 0) is 22.3 Å². The Morgan fingerprint density at radius 3 is 2.06 bits per heavy atom. The first-order chi connectivity index (χ1) is 8.66. The lowest BCUT2D eigenvalue weighted by Gasteiger charge is -2.07. The molecule has 0 heterocycles. The number of hydrogen-bond donors (Lipinski definition) is 0. The molecule has 0 aliphatic carbocycles. The fourth-order valence-corrected chi connectivity index (χ4v) is 3.63. The van der Waals surface area contributed by atoms with Crippen molar-refractivity contribution in [2.75, 3.05) is 0 Å². The van der Waals surface area contributed by atoms with Gasteiger partial charge in [-0.2, -0.15) is 0 Å². The van der Waals surface area contributed by atoms with E-state index < -0.39 is 10.8 Å². The topological polar surface area (TPSA) is 17.1 Å². The van der Waals surface area contributed by atoms with Gasteiger partial charge in [0, 0.05) is 32.2 Å². The van der Waals surface area contributed by atoms with E-state index in [1.165, 1.54) is 0 Å². The summed E-state index contributed by atoms with van der Waals surface area (Å²) in [5.41, 5.74) is 1.81. The van der Waals surface area contributed by atoms with Crippen molar-refractivity contribution >= 4 is 34.0 Å². The zero-order chi connectivity index (χ0) is 13.0. The van der Waals surface area contributed by atoms with Gasteiger partial charge in [0.2, 0.25) is 0 Å². The van der Waals surface area contributed by atoms with E-state index in [2.05, 4.69) is 0 Å². The Morgan fingerprint density at radius 2 is 1.44 bits per heavy atom. The molecule has 18 heavy (non-hydrogen) atoms. The first kappa shape index (κ1) is 13.6. The highest BCUT2D eigenvalue weighted by Crippen LogP contribution is 2.26. The van der Waals surface area contributed by atoms with Gasteiger partial charge < -0.3 is 0 Å². The van der Waals surface area contributed by atoms with Crippen LogP contribution in [0.25, 0.3) is 0 Å². The summed E-state index contributed by atoms with van der Waals surface area (Å²) >= 11 is 12.1. The smallest absolute Gasteiger partial charge is 0.0518 e. The van der Waals surface area contributed by atoms with E-state index >= 15 is 0 Å². The molecule has 2 rings (SSSR count). The fraction of sp³-hybridized carbons (Fsp3) is 0.143. The van der Waals surface area contributed by atoms with Gasteiger partial charge in [0.25, 0.3) is 0 Å². The van der Waals surface area contributed by atoms with Gasteiger partial charge in [0.05, 0.1) is 5.75 Å². The summed E-state index contributed by atoms with van der Waals surface area (Å²) in [6, 6.07) is 15.1. The third-order valence-corrected chi connectivity index (χ3v) is 4.51. The molecule has 0 spiro atoms. The van der Waals surface area contributed by atoms with Gasteiger partial charge in [0.1, 0.15) is 0 Å². The van der Waals surface area contributed by atoms with Crippen molar-refractivity contribution in [2.24, 2.45) is 0 Å². The predicted octanol–water partition coefficient (Wildman–Crippen LogP) is 4.44. The molecule has 0 aliphatic heterocycles. The Kier molecular flexibility index (Phi) is 4.81. The highest BCUT2D eigenvalue weighted by molar-refractivity contribution is 7.83. The molecule has 0 amide bonds. The van der Waals surface area contributed by atoms with Crippen LogP contribution in [0.15, 0.2) is 48.5 Å². The maximum absolute atomic E-state index is 12.1. The van der Waals surface area contributed by atoms with Crippen LogP contribution in [0.2, 0.25) is 10.0 Å². The molecule has 0 saturated heterocycles. The van der Waals surface area contributed by atoms with Crippen LogP contribution in [0.4, 0.5) is 0 Å². The molecule has 0 radical (unpaired) electrons. The maximum Gasteiger partial charge on any atom is 0.0518 e. The second kappa shape index (κ2) is 6.37. The van der Waals surface area contributed by atoms with Gasteiger partial charge in [-0.25, -0.2) is 0 Å². The zero-order valence-electron chi connectivity index (χ0n) is 9.61. The summed E-state index contributed by atoms with van der Waals surface area (Å²) in [6.07, 6.45) is 0. The van der Waals surface area contributed by atoms with Crippen molar-refractivity contribution in [1.82, 2.24) is 0 Å². The average Bonchev–Trinajstić information content (AvgIpc) is 2.35. The summed E-state index contributed by atoms with van der Waals surface area (Å²) in [5.74, 6) is 0.899. The minimum atomic E-state index is -1.01. The minimum Gasteiger partial charge on any atom is -0.259 e. The zero-order valence-corrected chi connectivity index (χ0v) is 11.9. The molecule has 2 aromatic rings. The van der Waals surface area contributed by atoms with Crippen LogP contribution in [0.3, 0.4) is 0 Å². The van der Waals surface area contributed by atoms with E-state index in [4.69, 9.17) is 23.2 Å². The second-order valence-electron chi connectivity index (χ2n) is 3.91. The van der Waals surface area contributed by atoms with Crippen LogP contribution in [0.1, 0.15) is 11.1 Å². The van der Waals surface area contributed by atoms with E-state index in [9.17, 15) is 4.21 Å². The van der Waals surface area contributed by atoms with Gasteiger partial charge in [-0.3, -0.25) is 4.21 Å². The third kappa shape index (κ3) is 3.58. The van der Waals surface area contributed by atoms with Crippen molar-refractivity contribution in [2.45, 2.75) is 11.5 Å². The Labute approximate surface area is 119 Å². The van der Waals surface area contributed by atoms with Gasteiger partial charge >= 0.3 is 0 Å². The van der Waals surface area contributed by atoms with E-state index in [-0.39, 0.29) is 0 Å². The van der Waals surface area contributed by atoms with Crippen LogP contribution >= 0.6 is 23.2 Å². The Morgan fingerprint density at radius 1 is 0.833 bits per heavy atom. The molecule has 2 aromatic carbocycles. The van der Waals surface area contributed by atoms with E-state index in [1.807, 2.05) is 30.3 Å². The Balaban J connectivity index is 2.08. The van der Waals surface area contributed by atoms with Crippen LogP contribution in [-0.4, -0.2) is 4.21 Å². The Hall–Kier alpha value is -0.830. The number of rotatable bonds is 4. The molecule has 0 fully saturated rings. The molecular formula is C14H12Cl2OS. The van der Waals surface area contributed by atoms with Gasteiger partial charge in [0.15, 0.2) is 0 Å². The standard InChI is InChI=1S/C14H12Cl2OS/c15-13-7-4-8-14(16)12(13)10-18(17)9-11-5-2-1-3-6-11/h1-8H,9-10H2. The first-order valence-corrected chi connectivity index (χ1v) is 7.73. The molecule has 0 aromatic heterocycles. The average molecular weight is 299 g/mol. The van der Waals surface area contributed by atoms with Crippen LogP contribution in [0.5, 0.6) is 0 Å². The normalized spacial score (nSPS) is 12.3. The number of halogens is 2. The molecule has 1 nitrogen and oxygen atoms in total. The highest BCUT2D eigenvalue weighted by Gasteiger charge is 2.10. The van der Waals surface area contributed by atoms with Crippen molar-refractivity contribution in [3.8, 4) is 0 Å². The van der Waals surface area contributed by atoms with Crippen LogP contribution < -0.4 is 0 Å². The minimum absolute atomic E-state index is 0.382.